The first-order valence-corrected chi connectivity index (χ1v) is 13.1. The first kappa shape index (κ1) is 22.3. The molecule has 1 aliphatic rings. The fourth-order valence-electron chi connectivity index (χ4n) is 3.98. The molecule has 9 heteroatoms. The number of thioether (sulfide) groups is 1. The van der Waals surface area contributed by atoms with Crippen molar-refractivity contribution in [1.29, 1.82) is 0 Å². The second-order valence-corrected chi connectivity index (χ2v) is 10.7. The first-order valence-electron chi connectivity index (χ1n) is 10.5. The maximum Gasteiger partial charge on any atom is 0.267 e. The summed E-state index contributed by atoms with van der Waals surface area (Å²) < 4.78 is 16.4. The van der Waals surface area contributed by atoms with Crippen LogP contribution in [0.5, 0.6) is 0 Å². The molecule has 1 aliphatic carbocycles. The summed E-state index contributed by atoms with van der Waals surface area (Å²) in [5.41, 5.74) is 1.82. The lowest BCUT2D eigenvalue weighted by atomic mass is 9.97. The molecule has 0 radical (unpaired) electrons. The molecule has 0 fully saturated rings. The number of aryl methyl sites for hydroxylation is 2. The highest BCUT2D eigenvalue weighted by molar-refractivity contribution is 9.10. The van der Waals surface area contributed by atoms with Gasteiger partial charge in [-0.05, 0) is 67.6 Å². The van der Waals surface area contributed by atoms with Gasteiger partial charge in [-0.15, -0.1) is 11.3 Å². The monoisotopic (exact) mass is 543 g/mol. The van der Waals surface area contributed by atoms with Gasteiger partial charge >= 0.3 is 0 Å². The molecular weight excluding hydrogens is 525 g/mol. The molecule has 0 atom stereocenters. The number of benzene rings is 2. The van der Waals surface area contributed by atoms with E-state index in [1.165, 1.54) is 28.8 Å². The molecule has 2 aromatic carbocycles. The van der Waals surface area contributed by atoms with Gasteiger partial charge in [0.1, 0.15) is 10.6 Å². The van der Waals surface area contributed by atoms with Crippen LogP contribution in [-0.4, -0.2) is 21.2 Å². The van der Waals surface area contributed by atoms with E-state index in [-0.39, 0.29) is 22.9 Å². The molecule has 1 N–H and O–H groups in total. The first-order chi connectivity index (χ1) is 16.0. The van der Waals surface area contributed by atoms with Crippen molar-refractivity contribution in [2.45, 2.75) is 30.8 Å². The van der Waals surface area contributed by atoms with Crippen molar-refractivity contribution in [1.82, 2.24) is 9.55 Å². The second-order valence-electron chi connectivity index (χ2n) is 7.72. The molecule has 5 nitrogen and oxygen atoms in total. The van der Waals surface area contributed by atoms with Crippen LogP contribution in [0.1, 0.15) is 23.3 Å². The summed E-state index contributed by atoms with van der Waals surface area (Å²) in [4.78, 5) is 33.0. The molecule has 2 heterocycles. The lowest BCUT2D eigenvalue weighted by Gasteiger charge is -2.14. The van der Waals surface area contributed by atoms with Gasteiger partial charge in [-0.3, -0.25) is 14.2 Å². The largest absolute Gasteiger partial charge is 0.323 e. The normalized spacial score (nSPS) is 13.2. The number of para-hydroxylation sites is 1. The van der Waals surface area contributed by atoms with E-state index in [1.54, 1.807) is 28.0 Å². The minimum Gasteiger partial charge on any atom is -0.323 e. The van der Waals surface area contributed by atoms with Gasteiger partial charge in [0.2, 0.25) is 5.91 Å². The summed E-state index contributed by atoms with van der Waals surface area (Å²) in [6.45, 7) is 0. The third-order valence-corrected chi connectivity index (χ3v) is 8.18. The number of nitrogens with one attached hydrogen (secondary N) is 1. The number of amides is 1. The number of hydrogen-bond donors (Lipinski definition) is 1. The molecule has 0 bridgehead atoms. The maximum atomic E-state index is 13.9. The summed E-state index contributed by atoms with van der Waals surface area (Å²) in [5.74, 6) is -0.868. The number of aromatic nitrogens is 2. The molecule has 1 amide bonds. The number of carbonyl (C=O) groups is 1. The predicted octanol–water partition coefficient (Wildman–Crippen LogP) is 5.96. The van der Waals surface area contributed by atoms with Gasteiger partial charge in [-0.1, -0.05) is 39.8 Å². The maximum absolute atomic E-state index is 13.9. The molecule has 0 saturated carbocycles. The Balaban J connectivity index is 1.53. The van der Waals surface area contributed by atoms with Crippen molar-refractivity contribution in [3.05, 3.63) is 79.6 Å². The third kappa shape index (κ3) is 4.49. The van der Waals surface area contributed by atoms with Crippen LogP contribution >= 0.6 is 39.0 Å². The zero-order valence-electron chi connectivity index (χ0n) is 17.4. The van der Waals surface area contributed by atoms with E-state index in [0.29, 0.717) is 16.2 Å². The zero-order chi connectivity index (χ0) is 22.9. The molecule has 2 aromatic heterocycles. The second kappa shape index (κ2) is 9.40. The molecule has 0 saturated heterocycles. The van der Waals surface area contributed by atoms with Crippen LogP contribution in [0.4, 0.5) is 10.1 Å². The molecule has 0 unspecified atom stereocenters. The Morgan fingerprint density at radius 2 is 1.91 bits per heavy atom. The number of fused-ring (bicyclic) bond motifs is 3. The minimum atomic E-state index is -0.494. The van der Waals surface area contributed by atoms with E-state index < -0.39 is 5.82 Å². The number of rotatable bonds is 5. The van der Waals surface area contributed by atoms with Crippen LogP contribution < -0.4 is 10.9 Å². The molecule has 4 aromatic rings. The van der Waals surface area contributed by atoms with Crippen LogP contribution in [0.2, 0.25) is 0 Å². The summed E-state index contributed by atoms with van der Waals surface area (Å²) in [6, 6.07) is 13.5. The van der Waals surface area contributed by atoms with Gasteiger partial charge in [0.05, 0.1) is 22.5 Å². The van der Waals surface area contributed by atoms with E-state index in [0.717, 1.165) is 40.5 Å². The lowest BCUT2D eigenvalue weighted by Crippen LogP contribution is -2.23. The van der Waals surface area contributed by atoms with Crippen LogP contribution in [0.15, 0.2) is 63.0 Å². The molecule has 168 valence electrons. The molecule has 5 rings (SSSR count). The fraction of sp³-hybridized carbons (Fsp3) is 0.208. The zero-order valence-corrected chi connectivity index (χ0v) is 20.7. The standard InChI is InChI=1S/C24H19BrFN3O2S2/c25-14-9-11-15(12-10-14)29-23(31)21-16-5-1-4-8-19(16)33-22(21)28-24(29)32-13-20(30)27-18-7-3-2-6-17(18)26/h2-3,6-7,9-12H,1,4-5,8,13H2,(H,27,30). The van der Waals surface area contributed by atoms with Crippen molar-refractivity contribution in [2.24, 2.45) is 0 Å². The van der Waals surface area contributed by atoms with Crippen molar-refractivity contribution in [2.75, 3.05) is 11.1 Å². The van der Waals surface area contributed by atoms with E-state index in [4.69, 9.17) is 4.98 Å². The number of hydrogen-bond acceptors (Lipinski definition) is 5. The molecule has 0 aliphatic heterocycles. The number of anilines is 1. The van der Waals surface area contributed by atoms with Gasteiger partial charge in [-0.2, -0.15) is 0 Å². The third-order valence-electron chi connectivity index (χ3n) is 5.52. The summed E-state index contributed by atoms with van der Waals surface area (Å²) in [7, 11) is 0. The highest BCUT2D eigenvalue weighted by Crippen LogP contribution is 2.35. The molecule has 33 heavy (non-hydrogen) atoms. The Bertz CT molecular complexity index is 1420. The number of thiophene rings is 1. The lowest BCUT2D eigenvalue weighted by molar-refractivity contribution is -0.113. The van der Waals surface area contributed by atoms with Crippen molar-refractivity contribution >= 4 is 60.8 Å². The smallest absolute Gasteiger partial charge is 0.267 e. The topological polar surface area (TPSA) is 64.0 Å². The van der Waals surface area contributed by atoms with Crippen LogP contribution in [-0.2, 0) is 17.6 Å². The number of halogens is 2. The summed E-state index contributed by atoms with van der Waals surface area (Å²) in [6.07, 6.45) is 4.06. The Morgan fingerprint density at radius 3 is 2.70 bits per heavy atom. The van der Waals surface area contributed by atoms with Gasteiger partial charge in [0, 0.05) is 9.35 Å². The van der Waals surface area contributed by atoms with Crippen LogP contribution in [0.3, 0.4) is 0 Å². The van der Waals surface area contributed by atoms with Gasteiger partial charge in [0.15, 0.2) is 5.16 Å². The van der Waals surface area contributed by atoms with E-state index >= 15 is 0 Å². The summed E-state index contributed by atoms with van der Waals surface area (Å²) in [5, 5.41) is 3.72. The van der Waals surface area contributed by atoms with E-state index in [2.05, 4.69) is 21.2 Å². The minimum absolute atomic E-state index is 0.00605. The summed E-state index contributed by atoms with van der Waals surface area (Å²) >= 11 is 6.18. The van der Waals surface area contributed by atoms with Gasteiger partial charge in [-0.25, -0.2) is 9.37 Å². The Hall–Kier alpha value is -2.49. The average molecular weight is 544 g/mol. The van der Waals surface area contributed by atoms with Crippen molar-refractivity contribution in [3.8, 4) is 5.69 Å². The molecular formula is C24H19BrFN3O2S2. The van der Waals surface area contributed by atoms with E-state index in [9.17, 15) is 14.0 Å². The molecule has 0 spiro atoms. The van der Waals surface area contributed by atoms with Crippen LogP contribution in [0.25, 0.3) is 15.9 Å². The number of carbonyl (C=O) groups excluding carboxylic acids is 1. The Kier molecular flexibility index (Phi) is 6.36. The van der Waals surface area contributed by atoms with Gasteiger partial charge in [0.25, 0.3) is 5.56 Å². The SMILES string of the molecule is O=C(CSc1nc2sc3c(c2c(=O)n1-c1ccc(Br)cc1)CCCC3)Nc1ccccc1F. The number of nitrogens with zero attached hydrogens (tertiary/aromatic N) is 2. The van der Waals surface area contributed by atoms with Crippen molar-refractivity contribution < 1.29 is 9.18 Å². The highest BCUT2D eigenvalue weighted by atomic mass is 79.9. The van der Waals surface area contributed by atoms with E-state index in [1.807, 2.05) is 24.3 Å². The predicted molar refractivity (Wildman–Crippen MR) is 135 cm³/mol. The van der Waals surface area contributed by atoms with Crippen molar-refractivity contribution in [3.63, 3.8) is 0 Å². The van der Waals surface area contributed by atoms with Gasteiger partial charge < -0.3 is 5.32 Å². The fourth-order valence-corrected chi connectivity index (χ4v) is 6.36. The quantitative estimate of drug-likeness (QED) is 0.249. The van der Waals surface area contributed by atoms with Crippen LogP contribution in [0, 0.1) is 5.82 Å². The Morgan fingerprint density at radius 1 is 1.15 bits per heavy atom. The Labute approximate surface area is 206 Å². The highest BCUT2D eigenvalue weighted by Gasteiger charge is 2.23. The average Bonchev–Trinajstić information content (AvgIpc) is 3.19.